The number of hydrogen-bond acceptors (Lipinski definition) is 3. The summed E-state index contributed by atoms with van der Waals surface area (Å²) in [6, 6.07) is 3.96. The molecule has 0 aliphatic carbocycles. The van der Waals surface area contributed by atoms with Gasteiger partial charge in [-0.05, 0) is 28.1 Å². The quantitative estimate of drug-likeness (QED) is 0.861. The lowest BCUT2D eigenvalue weighted by Crippen LogP contribution is -2.59. The number of carbonyl (C=O) groups is 2. The number of hydrogen-bond donors (Lipinski definition) is 1. The van der Waals surface area contributed by atoms with Gasteiger partial charge in [-0.3, -0.25) is 9.59 Å². The molecule has 0 radical (unpaired) electrons. The number of benzene rings is 1. The van der Waals surface area contributed by atoms with Crippen LogP contribution >= 0.6 is 15.9 Å². The van der Waals surface area contributed by atoms with Crippen LogP contribution in [0.25, 0.3) is 0 Å². The molecule has 1 aliphatic rings. The van der Waals surface area contributed by atoms with Crippen molar-refractivity contribution in [2.24, 2.45) is 0 Å². The van der Waals surface area contributed by atoms with E-state index >= 15 is 0 Å². The van der Waals surface area contributed by atoms with Gasteiger partial charge in [-0.25, -0.2) is 4.39 Å². The topological polar surface area (TPSA) is 52.7 Å². The highest BCUT2D eigenvalue weighted by atomic mass is 79.9. The van der Waals surface area contributed by atoms with Gasteiger partial charge in [0.2, 0.25) is 5.91 Å². The molecule has 1 unspecified atom stereocenters. The second-order valence-corrected chi connectivity index (χ2v) is 5.91. The van der Waals surface area contributed by atoms with Crippen molar-refractivity contribution < 1.29 is 14.0 Å². The fourth-order valence-corrected chi connectivity index (χ4v) is 2.66. The van der Waals surface area contributed by atoms with Gasteiger partial charge in [0.05, 0.1) is 10.0 Å². The molecule has 1 aromatic rings. The second kappa shape index (κ2) is 6.53. The number of halogens is 2. The van der Waals surface area contributed by atoms with Gasteiger partial charge in [-0.1, -0.05) is 6.07 Å². The van der Waals surface area contributed by atoms with Crippen molar-refractivity contribution in [2.45, 2.75) is 6.04 Å². The molecule has 114 valence electrons. The summed E-state index contributed by atoms with van der Waals surface area (Å²) in [7, 11) is 3.28. The molecule has 1 heterocycles. The summed E-state index contributed by atoms with van der Waals surface area (Å²) >= 11 is 3.07. The maximum atomic E-state index is 14.1. The predicted octanol–water partition coefficient (Wildman–Crippen LogP) is 1.09. The molecule has 0 saturated carbocycles. The second-order valence-electron chi connectivity index (χ2n) is 5.05. The lowest BCUT2D eigenvalue weighted by Gasteiger charge is -2.36. The average molecular weight is 358 g/mol. The van der Waals surface area contributed by atoms with Crippen LogP contribution in [0.5, 0.6) is 0 Å². The molecule has 1 saturated heterocycles. The minimum Gasteiger partial charge on any atom is -0.347 e. The van der Waals surface area contributed by atoms with E-state index in [1.54, 1.807) is 20.2 Å². The van der Waals surface area contributed by atoms with Crippen LogP contribution in [0.1, 0.15) is 10.4 Å². The van der Waals surface area contributed by atoms with E-state index in [-0.39, 0.29) is 15.9 Å². The Kier molecular flexibility index (Phi) is 4.95. The van der Waals surface area contributed by atoms with Gasteiger partial charge >= 0.3 is 0 Å². The van der Waals surface area contributed by atoms with Crippen molar-refractivity contribution in [3.05, 3.63) is 34.1 Å². The van der Waals surface area contributed by atoms with Crippen molar-refractivity contribution in [2.75, 3.05) is 33.7 Å². The Morgan fingerprint density at radius 1 is 1.43 bits per heavy atom. The van der Waals surface area contributed by atoms with Gasteiger partial charge in [-0.2, -0.15) is 0 Å². The number of nitrogens with zero attached hydrogens (tertiary/aromatic N) is 2. The Hall–Kier alpha value is -1.47. The maximum absolute atomic E-state index is 14.1. The standard InChI is InChI=1S/C14H17BrFN3O2/c1-18(2)14(21)11-8-17-6-7-19(11)13(20)9-4-3-5-10(15)12(9)16/h3-5,11,17H,6-8H2,1-2H3. The molecule has 0 spiro atoms. The van der Waals surface area contributed by atoms with Gasteiger partial charge < -0.3 is 15.1 Å². The summed E-state index contributed by atoms with van der Waals surface area (Å²) in [6.45, 7) is 1.33. The number of piperazine rings is 1. The van der Waals surface area contributed by atoms with Crippen LogP contribution in [-0.2, 0) is 4.79 Å². The first-order valence-electron chi connectivity index (χ1n) is 6.60. The van der Waals surface area contributed by atoms with Crippen LogP contribution < -0.4 is 5.32 Å². The van der Waals surface area contributed by atoms with Gasteiger partial charge in [-0.15, -0.1) is 0 Å². The highest BCUT2D eigenvalue weighted by Gasteiger charge is 2.34. The highest BCUT2D eigenvalue weighted by molar-refractivity contribution is 9.10. The fraction of sp³-hybridized carbons (Fsp3) is 0.429. The molecule has 1 atom stereocenters. The van der Waals surface area contributed by atoms with Gasteiger partial charge in [0.25, 0.3) is 5.91 Å². The number of carbonyl (C=O) groups excluding carboxylic acids is 2. The summed E-state index contributed by atoms with van der Waals surface area (Å²) < 4.78 is 14.3. The van der Waals surface area contributed by atoms with Gasteiger partial charge in [0.1, 0.15) is 11.9 Å². The van der Waals surface area contributed by atoms with Crippen LogP contribution in [0.3, 0.4) is 0 Å². The van der Waals surface area contributed by atoms with Crippen LogP contribution in [0, 0.1) is 5.82 Å². The van der Waals surface area contributed by atoms with Crippen molar-refractivity contribution in [3.63, 3.8) is 0 Å². The monoisotopic (exact) mass is 357 g/mol. The Morgan fingerprint density at radius 2 is 2.14 bits per heavy atom. The Morgan fingerprint density at radius 3 is 2.81 bits per heavy atom. The van der Waals surface area contributed by atoms with Crippen molar-refractivity contribution in [3.8, 4) is 0 Å². The number of likely N-dealkylation sites (N-methyl/N-ethyl adjacent to an activating group) is 1. The van der Waals surface area contributed by atoms with Gasteiger partial charge in [0.15, 0.2) is 0 Å². The molecule has 1 aromatic carbocycles. The van der Waals surface area contributed by atoms with E-state index in [0.29, 0.717) is 19.6 Å². The van der Waals surface area contributed by atoms with E-state index in [4.69, 9.17) is 0 Å². The fourth-order valence-electron chi connectivity index (χ4n) is 2.29. The third kappa shape index (κ3) is 3.24. The molecule has 5 nitrogen and oxygen atoms in total. The zero-order chi connectivity index (χ0) is 15.6. The minimum absolute atomic E-state index is 0.0252. The lowest BCUT2D eigenvalue weighted by molar-refractivity contribution is -0.134. The Labute approximate surface area is 131 Å². The molecule has 2 rings (SSSR count). The predicted molar refractivity (Wildman–Crippen MR) is 80.5 cm³/mol. The summed E-state index contributed by atoms with van der Waals surface area (Å²) in [4.78, 5) is 27.6. The maximum Gasteiger partial charge on any atom is 0.257 e. The molecule has 0 aromatic heterocycles. The Bertz CT molecular complexity index is 565. The van der Waals surface area contributed by atoms with Crippen LogP contribution in [0.2, 0.25) is 0 Å². The van der Waals surface area contributed by atoms with E-state index in [9.17, 15) is 14.0 Å². The van der Waals surface area contributed by atoms with E-state index in [1.807, 2.05) is 0 Å². The smallest absolute Gasteiger partial charge is 0.257 e. The molecular weight excluding hydrogens is 341 g/mol. The first-order chi connectivity index (χ1) is 9.93. The highest BCUT2D eigenvalue weighted by Crippen LogP contribution is 2.21. The molecule has 1 fully saturated rings. The van der Waals surface area contributed by atoms with E-state index in [1.165, 1.54) is 21.9 Å². The van der Waals surface area contributed by atoms with Gasteiger partial charge in [0, 0.05) is 33.7 Å². The van der Waals surface area contributed by atoms with E-state index in [2.05, 4.69) is 21.2 Å². The number of nitrogens with one attached hydrogen (secondary N) is 1. The zero-order valence-corrected chi connectivity index (χ0v) is 13.5. The van der Waals surface area contributed by atoms with Crippen LogP contribution in [0.4, 0.5) is 4.39 Å². The summed E-state index contributed by atoms with van der Waals surface area (Å²) in [6.07, 6.45) is 0. The van der Waals surface area contributed by atoms with Crippen LogP contribution in [-0.4, -0.2) is 61.4 Å². The zero-order valence-electron chi connectivity index (χ0n) is 11.9. The lowest BCUT2D eigenvalue weighted by atomic mass is 10.1. The third-order valence-corrected chi connectivity index (χ3v) is 4.02. The molecule has 0 bridgehead atoms. The average Bonchev–Trinajstić information content (AvgIpc) is 2.48. The number of amides is 2. The molecular formula is C14H17BrFN3O2. The summed E-state index contributed by atoms with van der Waals surface area (Å²) in [5.74, 6) is -1.24. The summed E-state index contributed by atoms with van der Waals surface area (Å²) in [5, 5.41) is 3.09. The van der Waals surface area contributed by atoms with Crippen molar-refractivity contribution in [1.29, 1.82) is 0 Å². The number of rotatable bonds is 2. The molecule has 1 N–H and O–H groups in total. The largest absolute Gasteiger partial charge is 0.347 e. The van der Waals surface area contributed by atoms with Crippen LogP contribution in [0.15, 0.2) is 22.7 Å². The SMILES string of the molecule is CN(C)C(=O)C1CNCCN1C(=O)c1cccc(Br)c1F. The third-order valence-electron chi connectivity index (χ3n) is 3.41. The van der Waals surface area contributed by atoms with E-state index in [0.717, 1.165) is 0 Å². The first-order valence-corrected chi connectivity index (χ1v) is 7.39. The molecule has 7 heteroatoms. The first kappa shape index (κ1) is 15.9. The summed E-state index contributed by atoms with van der Waals surface area (Å²) in [5.41, 5.74) is -0.0252. The minimum atomic E-state index is -0.611. The van der Waals surface area contributed by atoms with Crippen molar-refractivity contribution >= 4 is 27.7 Å². The molecule has 21 heavy (non-hydrogen) atoms. The van der Waals surface area contributed by atoms with Crippen molar-refractivity contribution in [1.82, 2.24) is 15.1 Å². The molecule has 2 amide bonds. The normalized spacial score (nSPS) is 18.5. The van der Waals surface area contributed by atoms with E-state index < -0.39 is 17.8 Å². The Balaban J connectivity index is 2.31. The molecule has 1 aliphatic heterocycles.